The molecule has 26 heavy (non-hydrogen) atoms. The highest BCUT2D eigenvalue weighted by atomic mass is 16.5. The molecule has 0 radical (unpaired) electrons. The van der Waals surface area contributed by atoms with Gasteiger partial charge in [-0.05, 0) is 43.9 Å². The summed E-state index contributed by atoms with van der Waals surface area (Å²) < 4.78 is 5.53. The molecule has 0 aliphatic carbocycles. The van der Waals surface area contributed by atoms with Crippen LogP contribution in [0.5, 0.6) is 0 Å². The summed E-state index contributed by atoms with van der Waals surface area (Å²) in [6.07, 6.45) is 3.07. The number of carbonyl (C=O) groups excluding carboxylic acids is 1. The topological polar surface area (TPSA) is 103 Å². The van der Waals surface area contributed by atoms with Gasteiger partial charge in [-0.2, -0.15) is 10.5 Å². The second-order valence-electron chi connectivity index (χ2n) is 6.48. The molecule has 1 aromatic rings. The number of nitrogens with zero attached hydrogens (tertiary/aromatic N) is 3. The summed E-state index contributed by atoms with van der Waals surface area (Å²) in [5.74, 6) is -0.256. The van der Waals surface area contributed by atoms with Crippen LogP contribution in [0.15, 0.2) is 47.1 Å². The van der Waals surface area contributed by atoms with Gasteiger partial charge in [0.1, 0.15) is 17.4 Å². The summed E-state index contributed by atoms with van der Waals surface area (Å²) in [6.45, 7) is 3.11. The Morgan fingerprint density at radius 2 is 1.81 bits per heavy atom. The molecule has 0 saturated carbocycles. The maximum atomic E-state index is 13.2. The van der Waals surface area contributed by atoms with E-state index in [0.29, 0.717) is 30.0 Å². The van der Waals surface area contributed by atoms with Crippen molar-refractivity contribution in [2.75, 3.05) is 13.1 Å². The number of rotatable bonds is 2. The number of likely N-dealkylation sites (tertiary alicyclic amines) is 1. The van der Waals surface area contributed by atoms with Gasteiger partial charge in [-0.3, -0.25) is 4.79 Å². The van der Waals surface area contributed by atoms with Gasteiger partial charge in [-0.25, -0.2) is 0 Å². The van der Waals surface area contributed by atoms with E-state index < -0.39 is 5.92 Å². The lowest BCUT2D eigenvalue weighted by molar-refractivity contribution is -0.128. The van der Waals surface area contributed by atoms with Crippen LogP contribution in [0.2, 0.25) is 0 Å². The first-order chi connectivity index (χ1) is 12.6. The minimum absolute atomic E-state index is 0.0227. The molecule has 0 bridgehead atoms. The lowest BCUT2D eigenvalue weighted by Crippen LogP contribution is -2.39. The number of nitriles is 2. The molecule has 2 aliphatic rings. The van der Waals surface area contributed by atoms with Crippen molar-refractivity contribution in [1.29, 1.82) is 10.5 Å². The summed E-state index contributed by atoms with van der Waals surface area (Å²) in [6, 6.07) is 11.0. The number of piperidine rings is 1. The van der Waals surface area contributed by atoms with Crippen molar-refractivity contribution in [2.24, 2.45) is 5.73 Å². The van der Waals surface area contributed by atoms with E-state index in [0.717, 1.165) is 24.8 Å². The zero-order valence-electron chi connectivity index (χ0n) is 14.7. The van der Waals surface area contributed by atoms with Gasteiger partial charge in [-0.1, -0.05) is 12.1 Å². The van der Waals surface area contributed by atoms with E-state index in [1.807, 2.05) is 4.90 Å². The molecule has 1 aromatic carbocycles. The van der Waals surface area contributed by atoms with Gasteiger partial charge in [0.15, 0.2) is 0 Å². The number of ether oxygens (including phenoxy) is 1. The minimum atomic E-state index is -0.587. The zero-order chi connectivity index (χ0) is 18.7. The van der Waals surface area contributed by atoms with Gasteiger partial charge < -0.3 is 15.4 Å². The number of benzene rings is 1. The highest BCUT2D eigenvalue weighted by Gasteiger charge is 2.37. The van der Waals surface area contributed by atoms with Crippen LogP contribution in [0.3, 0.4) is 0 Å². The maximum Gasteiger partial charge on any atom is 0.254 e. The second kappa shape index (κ2) is 7.33. The van der Waals surface area contributed by atoms with Gasteiger partial charge in [0.2, 0.25) is 5.88 Å². The van der Waals surface area contributed by atoms with E-state index in [1.54, 1.807) is 31.2 Å². The largest absolute Gasteiger partial charge is 0.445 e. The Labute approximate surface area is 152 Å². The van der Waals surface area contributed by atoms with Crippen molar-refractivity contribution in [2.45, 2.75) is 32.1 Å². The average Bonchev–Trinajstić information content (AvgIpc) is 2.68. The molecule has 1 saturated heterocycles. The van der Waals surface area contributed by atoms with Crippen molar-refractivity contribution < 1.29 is 9.53 Å². The van der Waals surface area contributed by atoms with Gasteiger partial charge in [0, 0.05) is 13.1 Å². The van der Waals surface area contributed by atoms with Crippen molar-refractivity contribution in [3.05, 3.63) is 58.2 Å². The van der Waals surface area contributed by atoms with E-state index in [4.69, 9.17) is 15.7 Å². The van der Waals surface area contributed by atoms with Crippen LogP contribution in [0.1, 0.15) is 43.2 Å². The molecule has 2 heterocycles. The highest BCUT2D eigenvalue weighted by Crippen LogP contribution is 2.40. The van der Waals surface area contributed by atoms with Crippen molar-refractivity contribution in [3.63, 3.8) is 0 Å². The third-order valence-corrected chi connectivity index (χ3v) is 4.85. The standard InChI is InChI=1S/C20H20N4O2/c1-13-17(20(25)24-9-3-2-4-10-24)18(16(12-22)19(23)26-13)15-7-5-14(11-21)6-8-15/h5-8,18H,2-4,9-10,23H2,1H3. The lowest BCUT2D eigenvalue weighted by Gasteiger charge is -2.33. The van der Waals surface area contributed by atoms with Gasteiger partial charge in [-0.15, -0.1) is 0 Å². The molecule has 0 spiro atoms. The third kappa shape index (κ3) is 3.14. The molecule has 2 aliphatic heterocycles. The number of nitrogens with two attached hydrogens (primary N) is 1. The number of allylic oxidation sites excluding steroid dienone is 2. The fourth-order valence-electron chi connectivity index (χ4n) is 3.51. The molecular formula is C20H20N4O2. The molecule has 6 nitrogen and oxygen atoms in total. The number of carbonyl (C=O) groups is 1. The summed E-state index contributed by atoms with van der Waals surface area (Å²) in [4.78, 5) is 15.0. The van der Waals surface area contributed by atoms with E-state index in [1.165, 1.54) is 0 Å². The predicted octanol–water partition coefficient (Wildman–Crippen LogP) is 2.65. The molecule has 6 heteroatoms. The zero-order valence-corrected chi connectivity index (χ0v) is 14.7. The molecular weight excluding hydrogens is 328 g/mol. The van der Waals surface area contributed by atoms with Crippen LogP contribution in [0.25, 0.3) is 0 Å². The van der Waals surface area contributed by atoms with Crippen molar-refractivity contribution in [3.8, 4) is 12.1 Å². The predicted molar refractivity (Wildman–Crippen MR) is 94.9 cm³/mol. The van der Waals surface area contributed by atoms with Crippen LogP contribution in [-0.4, -0.2) is 23.9 Å². The van der Waals surface area contributed by atoms with E-state index >= 15 is 0 Å². The summed E-state index contributed by atoms with van der Waals surface area (Å²) >= 11 is 0. The number of amides is 1. The molecule has 1 amide bonds. The quantitative estimate of drug-likeness (QED) is 0.885. The normalized spacial score (nSPS) is 20.3. The molecule has 132 valence electrons. The Morgan fingerprint density at radius 3 is 2.38 bits per heavy atom. The Balaban J connectivity index is 2.06. The van der Waals surface area contributed by atoms with Crippen molar-refractivity contribution >= 4 is 5.91 Å². The number of hydrogen-bond acceptors (Lipinski definition) is 5. The first-order valence-corrected chi connectivity index (χ1v) is 8.64. The minimum Gasteiger partial charge on any atom is -0.445 e. The fourth-order valence-corrected chi connectivity index (χ4v) is 3.51. The molecule has 1 unspecified atom stereocenters. The third-order valence-electron chi connectivity index (χ3n) is 4.85. The number of hydrogen-bond donors (Lipinski definition) is 1. The van der Waals surface area contributed by atoms with E-state index in [2.05, 4.69) is 12.1 Å². The van der Waals surface area contributed by atoms with Crippen LogP contribution < -0.4 is 5.73 Å². The van der Waals surface area contributed by atoms with Crippen LogP contribution in [0.4, 0.5) is 0 Å². The first kappa shape index (κ1) is 17.6. The summed E-state index contributed by atoms with van der Waals surface area (Å²) in [5.41, 5.74) is 7.85. The molecule has 2 N–H and O–H groups in total. The molecule has 0 aromatic heterocycles. The van der Waals surface area contributed by atoms with Gasteiger partial charge in [0.05, 0.1) is 23.1 Å². The Hall–Kier alpha value is -3.25. The molecule has 1 atom stereocenters. The summed E-state index contributed by atoms with van der Waals surface area (Å²) in [7, 11) is 0. The monoisotopic (exact) mass is 348 g/mol. The highest BCUT2D eigenvalue weighted by molar-refractivity contribution is 5.97. The average molecular weight is 348 g/mol. The smallest absolute Gasteiger partial charge is 0.254 e. The SMILES string of the molecule is CC1=C(C(=O)N2CCCCC2)C(c2ccc(C#N)cc2)C(C#N)=C(N)O1. The van der Waals surface area contributed by atoms with Crippen molar-refractivity contribution in [1.82, 2.24) is 4.90 Å². The lowest BCUT2D eigenvalue weighted by atomic mass is 9.82. The molecule has 3 rings (SSSR count). The van der Waals surface area contributed by atoms with Crippen LogP contribution in [-0.2, 0) is 9.53 Å². The van der Waals surface area contributed by atoms with Gasteiger partial charge in [0.25, 0.3) is 5.91 Å². The van der Waals surface area contributed by atoms with Crippen LogP contribution in [0, 0.1) is 22.7 Å². The second-order valence-corrected chi connectivity index (χ2v) is 6.48. The Kier molecular flexibility index (Phi) is 4.95. The summed E-state index contributed by atoms with van der Waals surface area (Å²) in [5, 5.41) is 18.6. The maximum absolute atomic E-state index is 13.2. The van der Waals surface area contributed by atoms with Gasteiger partial charge >= 0.3 is 0 Å². The van der Waals surface area contributed by atoms with Crippen LogP contribution >= 0.6 is 0 Å². The fraction of sp³-hybridized carbons (Fsp3) is 0.350. The van der Waals surface area contributed by atoms with E-state index in [-0.39, 0.29) is 17.4 Å². The van der Waals surface area contributed by atoms with E-state index in [9.17, 15) is 10.1 Å². The Bertz CT molecular complexity index is 863. The first-order valence-electron chi connectivity index (χ1n) is 8.64. The molecule has 1 fully saturated rings. The Morgan fingerprint density at radius 1 is 1.15 bits per heavy atom.